The van der Waals surface area contributed by atoms with E-state index < -0.39 is 0 Å². The molecular weight excluding hydrogens is 234 g/mol. The molecule has 0 aromatic carbocycles. The lowest BCUT2D eigenvalue weighted by Crippen LogP contribution is -2.44. The molecule has 2 rings (SSSR count). The van der Waals surface area contributed by atoms with E-state index in [-0.39, 0.29) is 17.4 Å². The molecule has 1 aliphatic rings. The van der Waals surface area contributed by atoms with Crippen molar-refractivity contribution in [3.63, 3.8) is 0 Å². The van der Waals surface area contributed by atoms with Gasteiger partial charge in [0.25, 0.3) is 0 Å². The topological polar surface area (TPSA) is 68.0 Å². The SMILES string of the molecule is CC(C)(C)C(=O)NC1CCc2nc(N)sc2C1. The largest absolute Gasteiger partial charge is 0.375 e. The molecule has 17 heavy (non-hydrogen) atoms. The minimum atomic E-state index is -0.326. The van der Waals surface area contributed by atoms with Gasteiger partial charge in [-0.15, -0.1) is 11.3 Å². The zero-order valence-electron chi connectivity index (χ0n) is 10.5. The number of rotatable bonds is 1. The van der Waals surface area contributed by atoms with E-state index >= 15 is 0 Å². The van der Waals surface area contributed by atoms with E-state index in [1.165, 1.54) is 4.88 Å². The fourth-order valence-corrected chi connectivity index (χ4v) is 2.88. The second kappa shape index (κ2) is 4.29. The van der Waals surface area contributed by atoms with E-state index in [4.69, 9.17) is 5.73 Å². The van der Waals surface area contributed by atoms with Crippen molar-refractivity contribution in [1.82, 2.24) is 10.3 Å². The summed E-state index contributed by atoms with van der Waals surface area (Å²) in [6.45, 7) is 5.80. The lowest BCUT2D eigenvalue weighted by atomic mass is 9.92. The summed E-state index contributed by atoms with van der Waals surface area (Å²) in [5.41, 5.74) is 6.49. The minimum Gasteiger partial charge on any atom is -0.375 e. The van der Waals surface area contributed by atoms with E-state index in [1.54, 1.807) is 11.3 Å². The van der Waals surface area contributed by atoms with Gasteiger partial charge < -0.3 is 11.1 Å². The number of amides is 1. The summed E-state index contributed by atoms with van der Waals surface area (Å²) in [6, 6.07) is 0.231. The first-order chi connectivity index (χ1) is 7.86. The number of thiazole rings is 1. The monoisotopic (exact) mass is 253 g/mol. The van der Waals surface area contributed by atoms with E-state index in [0.717, 1.165) is 25.0 Å². The fourth-order valence-electron chi connectivity index (χ4n) is 1.92. The molecule has 1 amide bonds. The molecule has 0 aliphatic heterocycles. The van der Waals surface area contributed by atoms with E-state index in [1.807, 2.05) is 20.8 Å². The van der Waals surface area contributed by atoms with Crippen molar-refractivity contribution < 1.29 is 4.79 Å². The van der Waals surface area contributed by atoms with Gasteiger partial charge in [-0.2, -0.15) is 0 Å². The highest BCUT2D eigenvalue weighted by molar-refractivity contribution is 7.15. The number of carbonyl (C=O) groups excluding carboxylic acids is 1. The molecule has 0 bridgehead atoms. The summed E-state index contributed by atoms with van der Waals surface area (Å²) in [5.74, 6) is 0.114. The summed E-state index contributed by atoms with van der Waals surface area (Å²) in [5, 5.41) is 3.74. The Morgan fingerprint density at radius 2 is 2.24 bits per heavy atom. The van der Waals surface area contributed by atoms with E-state index in [2.05, 4.69) is 10.3 Å². The van der Waals surface area contributed by atoms with Crippen LogP contribution >= 0.6 is 11.3 Å². The summed E-state index contributed by atoms with van der Waals surface area (Å²) in [4.78, 5) is 17.4. The molecular formula is C12H19N3OS. The number of nitrogens with two attached hydrogens (primary N) is 1. The van der Waals surface area contributed by atoms with Crippen molar-refractivity contribution in [3.05, 3.63) is 10.6 Å². The van der Waals surface area contributed by atoms with Crippen molar-refractivity contribution in [2.45, 2.75) is 46.1 Å². The molecule has 94 valence electrons. The third kappa shape index (κ3) is 2.77. The third-order valence-electron chi connectivity index (χ3n) is 2.97. The van der Waals surface area contributed by atoms with Crippen molar-refractivity contribution in [2.24, 2.45) is 5.41 Å². The zero-order chi connectivity index (χ0) is 12.6. The number of hydrogen-bond donors (Lipinski definition) is 2. The summed E-state index contributed by atoms with van der Waals surface area (Å²) in [7, 11) is 0. The van der Waals surface area contributed by atoms with Crippen LogP contribution in [0.25, 0.3) is 0 Å². The normalized spacial score (nSPS) is 19.8. The Labute approximate surface area is 106 Å². The van der Waals surface area contributed by atoms with Gasteiger partial charge in [0.15, 0.2) is 5.13 Å². The van der Waals surface area contributed by atoms with Crippen LogP contribution < -0.4 is 11.1 Å². The van der Waals surface area contributed by atoms with Gasteiger partial charge in [0, 0.05) is 22.8 Å². The smallest absolute Gasteiger partial charge is 0.225 e. The van der Waals surface area contributed by atoms with Crippen LogP contribution in [0.5, 0.6) is 0 Å². The molecule has 1 aromatic rings. The zero-order valence-corrected chi connectivity index (χ0v) is 11.4. The highest BCUT2D eigenvalue weighted by Crippen LogP contribution is 2.28. The maximum absolute atomic E-state index is 11.9. The Kier molecular flexibility index (Phi) is 3.12. The number of hydrogen-bond acceptors (Lipinski definition) is 4. The molecule has 1 unspecified atom stereocenters. The molecule has 0 fully saturated rings. The number of nitrogens with one attached hydrogen (secondary N) is 1. The van der Waals surface area contributed by atoms with Crippen LogP contribution in [0.3, 0.4) is 0 Å². The summed E-state index contributed by atoms with van der Waals surface area (Å²) < 4.78 is 0. The molecule has 4 nitrogen and oxygen atoms in total. The van der Waals surface area contributed by atoms with Gasteiger partial charge in [-0.1, -0.05) is 20.8 Å². The molecule has 1 heterocycles. The molecule has 1 aromatic heterocycles. The molecule has 0 spiro atoms. The Bertz CT molecular complexity index is 433. The average Bonchev–Trinajstić information content (AvgIpc) is 2.55. The lowest BCUT2D eigenvalue weighted by molar-refractivity contribution is -0.129. The highest BCUT2D eigenvalue weighted by Gasteiger charge is 2.27. The number of carbonyl (C=O) groups is 1. The lowest BCUT2D eigenvalue weighted by Gasteiger charge is -2.26. The van der Waals surface area contributed by atoms with Crippen LogP contribution in [0.2, 0.25) is 0 Å². The van der Waals surface area contributed by atoms with Crippen molar-refractivity contribution >= 4 is 22.4 Å². The molecule has 0 saturated carbocycles. The maximum atomic E-state index is 11.9. The summed E-state index contributed by atoms with van der Waals surface area (Å²) in [6.07, 6.45) is 2.74. The van der Waals surface area contributed by atoms with Crippen LogP contribution in [-0.2, 0) is 17.6 Å². The fraction of sp³-hybridized carbons (Fsp3) is 0.667. The Balaban J connectivity index is 2.01. The maximum Gasteiger partial charge on any atom is 0.225 e. The van der Waals surface area contributed by atoms with E-state index in [0.29, 0.717) is 5.13 Å². The number of nitrogen functional groups attached to an aromatic ring is 1. The first-order valence-corrected chi connectivity index (χ1v) is 6.73. The molecule has 3 N–H and O–H groups in total. The Morgan fingerprint density at radius 1 is 1.53 bits per heavy atom. The number of anilines is 1. The van der Waals surface area contributed by atoms with Crippen LogP contribution in [0.15, 0.2) is 0 Å². The Morgan fingerprint density at radius 3 is 2.88 bits per heavy atom. The molecule has 0 saturated heterocycles. The standard InChI is InChI=1S/C12H19N3OS/c1-12(2,3)10(16)14-7-4-5-8-9(6-7)17-11(13)15-8/h7H,4-6H2,1-3H3,(H2,13,15)(H,14,16). The summed E-state index contributed by atoms with van der Waals surface area (Å²) >= 11 is 1.54. The van der Waals surface area contributed by atoms with Gasteiger partial charge in [-0.05, 0) is 12.8 Å². The molecule has 1 aliphatic carbocycles. The van der Waals surface area contributed by atoms with E-state index in [9.17, 15) is 4.79 Å². The van der Waals surface area contributed by atoms with Crippen molar-refractivity contribution in [1.29, 1.82) is 0 Å². The average molecular weight is 253 g/mol. The van der Waals surface area contributed by atoms with Gasteiger partial charge in [-0.25, -0.2) is 4.98 Å². The predicted molar refractivity (Wildman–Crippen MR) is 69.9 cm³/mol. The van der Waals surface area contributed by atoms with Crippen molar-refractivity contribution in [2.75, 3.05) is 5.73 Å². The minimum absolute atomic E-state index is 0.114. The number of fused-ring (bicyclic) bond motifs is 1. The second-order valence-electron chi connectivity index (χ2n) is 5.59. The number of aromatic nitrogens is 1. The number of nitrogens with zero attached hydrogens (tertiary/aromatic N) is 1. The van der Waals surface area contributed by atoms with Gasteiger partial charge >= 0.3 is 0 Å². The van der Waals surface area contributed by atoms with Gasteiger partial charge in [0.05, 0.1) is 5.69 Å². The van der Waals surface area contributed by atoms with Gasteiger partial charge in [0.1, 0.15) is 0 Å². The molecule has 1 atom stereocenters. The van der Waals surface area contributed by atoms with Gasteiger partial charge in [0.2, 0.25) is 5.91 Å². The predicted octanol–water partition coefficient (Wildman–Crippen LogP) is 1.74. The number of aryl methyl sites for hydroxylation is 1. The molecule has 0 radical (unpaired) electrons. The third-order valence-corrected chi connectivity index (χ3v) is 3.92. The van der Waals surface area contributed by atoms with Crippen molar-refractivity contribution in [3.8, 4) is 0 Å². The first-order valence-electron chi connectivity index (χ1n) is 5.91. The quantitative estimate of drug-likeness (QED) is 0.801. The van der Waals surface area contributed by atoms with Crippen LogP contribution in [0.1, 0.15) is 37.8 Å². The van der Waals surface area contributed by atoms with Crippen LogP contribution in [0, 0.1) is 5.41 Å². The first kappa shape index (κ1) is 12.4. The van der Waals surface area contributed by atoms with Crippen LogP contribution in [0.4, 0.5) is 5.13 Å². The van der Waals surface area contributed by atoms with Crippen LogP contribution in [-0.4, -0.2) is 16.9 Å². The highest BCUT2D eigenvalue weighted by atomic mass is 32.1. The van der Waals surface area contributed by atoms with Gasteiger partial charge in [-0.3, -0.25) is 4.79 Å². The molecule has 5 heteroatoms. The second-order valence-corrected chi connectivity index (χ2v) is 6.70. The Hall–Kier alpha value is -1.10.